The van der Waals surface area contributed by atoms with Gasteiger partial charge in [-0.3, -0.25) is 4.79 Å². The average Bonchev–Trinajstić information content (AvgIpc) is 2.70. The lowest BCUT2D eigenvalue weighted by molar-refractivity contribution is 0.0938. The summed E-state index contributed by atoms with van der Waals surface area (Å²) in [5.41, 5.74) is 2.46. The van der Waals surface area contributed by atoms with E-state index in [1.165, 1.54) is 0 Å². The average molecular weight is 402 g/mol. The van der Waals surface area contributed by atoms with Crippen LogP contribution in [-0.2, 0) is 0 Å². The molecule has 0 aliphatic carbocycles. The SMILES string of the molecule is CCOc1cc(C(=O)N[C@H](C)c2cc(C)ccc2OC)cc(OCC)c1OCC. The fourth-order valence-corrected chi connectivity index (χ4v) is 3.07. The number of aryl methyl sites for hydroxylation is 1. The molecule has 0 fully saturated rings. The minimum atomic E-state index is -0.241. The Morgan fingerprint density at radius 1 is 0.931 bits per heavy atom. The van der Waals surface area contributed by atoms with Crippen LogP contribution in [0.4, 0.5) is 0 Å². The summed E-state index contributed by atoms with van der Waals surface area (Å²) in [6.45, 7) is 11.0. The predicted octanol–water partition coefficient (Wildman–Crippen LogP) is 4.69. The molecule has 1 atom stereocenters. The van der Waals surface area contributed by atoms with E-state index in [9.17, 15) is 4.79 Å². The maximum absolute atomic E-state index is 13.0. The van der Waals surface area contributed by atoms with Crippen molar-refractivity contribution in [1.29, 1.82) is 0 Å². The second-order valence-electron chi connectivity index (χ2n) is 6.54. The van der Waals surface area contributed by atoms with Crippen LogP contribution in [0.15, 0.2) is 30.3 Å². The number of hydrogen-bond acceptors (Lipinski definition) is 5. The molecule has 6 heteroatoms. The van der Waals surface area contributed by atoms with Gasteiger partial charge in [-0.25, -0.2) is 0 Å². The van der Waals surface area contributed by atoms with Crippen LogP contribution in [0.25, 0.3) is 0 Å². The van der Waals surface area contributed by atoms with E-state index in [-0.39, 0.29) is 11.9 Å². The van der Waals surface area contributed by atoms with Gasteiger partial charge in [-0.1, -0.05) is 17.7 Å². The van der Waals surface area contributed by atoms with Gasteiger partial charge in [0, 0.05) is 11.1 Å². The van der Waals surface area contributed by atoms with Crippen molar-refractivity contribution >= 4 is 5.91 Å². The summed E-state index contributed by atoms with van der Waals surface area (Å²) < 4.78 is 22.6. The molecule has 0 heterocycles. The molecule has 0 radical (unpaired) electrons. The van der Waals surface area contributed by atoms with Gasteiger partial charge in [0.25, 0.3) is 5.91 Å². The van der Waals surface area contributed by atoms with Crippen LogP contribution in [0.2, 0.25) is 0 Å². The summed E-state index contributed by atoms with van der Waals surface area (Å²) >= 11 is 0. The number of hydrogen-bond donors (Lipinski definition) is 1. The van der Waals surface area contributed by atoms with Crippen LogP contribution in [0.3, 0.4) is 0 Å². The number of amides is 1. The van der Waals surface area contributed by atoms with E-state index in [0.717, 1.165) is 16.9 Å². The van der Waals surface area contributed by atoms with Crippen molar-refractivity contribution in [3.8, 4) is 23.0 Å². The molecule has 29 heavy (non-hydrogen) atoms. The molecule has 0 saturated heterocycles. The lowest BCUT2D eigenvalue weighted by Crippen LogP contribution is -2.27. The van der Waals surface area contributed by atoms with Gasteiger partial charge in [-0.05, 0) is 52.8 Å². The van der Waals surface area contributed by atoms with Crippen molar-refractivity contribution in [2.45, 2.75) is 40.7 Å². The molecule has 0 unspecified atom stereocenters. The summed E-state index contributed by atoms with van der Waals surface area (Å²) in [7, 11) is 1.62. The van der Waals surface area contributed by atoms with Gasteiger partial charge in [-0.2, -0.15) is 0 Å². The Labute approximate surface area is 173 Å². The smallest absolute Gasteiger partial charge is 0.252 e. The Morgan fingerprint density at radius 3 is 2.03 bits per heavy atom. The van der Waals surface area contributed by atoms with Gasteiger partial charge in [0.2, 0.25) is 5.75 Å². The van der Waals surface area contributed by atoms with Gasteiger partial charge < -0.3 is 24.3 Å². The van der Waals surface area contributed by atoms with E-state index >= 15 is 0 Å². The molecule has 1 amide bonds. The largest absolute Gasteiger partial charge is 0.496 e. The van der Waals surface area contributed by atoms with Crippen LogP contribution < -0.4 is 24.3 Å². The molecule has 2 aromatic carbocycles. The van der Waals surface area contributed by atoms with Gasteiger partial charge in [-0.15, -0.1) is 0 Å². The highest BCUT2D eigenvalue weighted by atomic mass is 16.5. The third kappa shape index (κ3) is 5.56. The minimum absolute atomic E-state index is 0.231. The lowest BCUT2D eigenvalue weighted by Gasteiger charge is -2.20. The van der Waals surface area contributed by atoms with Crippen LogP contribution in [0, 0.1) is 6.92 Å². The summed E-state index contributed by atoms with van der Waals surface area (Å²) in [4.78, 5) is 13.0. The van der Waals surface area contributed by atoms with Crippen LogP contribution in [0.1, 0.15) is 55.2 Å². The fourth-order valence-electron chi connectivity index (χ4n) is 3.07. The number of nitrogens with one attached hydrogen (secondary N) is 1. The summed E-state index contributed by atoms with van der Waals surface area (Å²) in [6.07, 6.45) is 0. The molecule has 1 N–H and O–H groups in total. The Balaban J connectivity index is 2.35. The van der Waals surface area contributed by atoms with Crippen LogP contribution in [0.5, 0.6) is 23.0 Å². The Morgan fingerprint density at radius 2 is 1.52 bits per heavy atom. The summed E-state index contributed by atoms with van der Waals surface area (Å²) in [5, 5.41) is 3.03. The number of rotatable bonds is 10. The standard InChI is InChI=1S/C23H31NO5/c1-7-27-20-13-17(14-21(28-8-2)22(20)29-9-3)23(25)24-16(5)18-12-15(4)10-11-19(18)26-6/h10-14,16H,7-9H2,1-6H3,(H,24,25)/t16-/m1/s1. The molecular weight excluding hydrogens is 370 g/mol. The Kier molecular flexibility index (Phi) is 8.19. The molecule has 0 spiro atoms. The first-order valence-corrected chi connectivity index (χ1v) is 9.96. The van der Waals surface area contributed by atoms with Gasteiger partial charge in [0.1, 0.15) is 5.75 Å². The predicted molar refractivity (Wildman–Crippen MR) is 114 cm³/mol. The van der Waals surface area contributed by atoms with Crippen molar-refractivity contribution in [1.82, 2.24) is 5.32 Å². The third-order valence-corrected chi connectivity index (χ3v) is 4.37. The van der Waals surface area contributed by atoms with Gasteiger partial charge >= 0.3 is 0 Å². The van der Waals surface area contributed by atoms with E-state index in [1.807, 2.05) is 52.8 Å². The molecule has 0 aromatic heterocycles. The zero-order valence-electron chi connectivity index (χ0n) is 18.1. The number of ether oxygens (including phenoxy) is 4. The van der Waals surface area contributed by atoms with Crippen molar-refractivity contribution in [3.63, 3.8) is 0 Å². The van der Waals surface area contributed by atoms with Gasteiger partial charge in [0.05, 0.1) is 33.0 Å². The third-order valence-electron chi connectivity index (χ3n) is 4.37. The van der Waals surface area contributed by atoms with Crippen molar-refractivity contribution in [2.24, 2.45) is 0 Å². The monoisotopic (exact) mass is 401 g/mol. The quantitative estimate of drug-likeness (QED) is 0.626. The van der Waals surface area contributed by atoms with Crippen molar-refractivity contribution < 1.29 is 23.7 Å². The Bertz CT molecular complexity index is 807. The van der Waals surface area contributed by atoms with E-state index in [2.05, 4.69) is 5.32 Å². The molecular formula is C23H31NO5. The molecule has 0 aliphatic rings. The Hall–Kier alpha value is -2.89. The molecule has 0 saturated carbocycles. The number of benzene rings is 2. The van der Waals surface area contributed by atoms with Crippen molar-refractivity contribution in [3.05, 3.63) is 47.0 Å². The maximum atomic E-state index is 13.0. The molecule has 2 rings (SSSR count). The number of carbonyl (C=O) groups excluding carboxylic acids is 1. The van der Waals surface area contributed by atoms with Crippen LogP contribution >= 0.6 is 0 Å². The molecule has 6 nitrogen and oxygen atoms in total. The first kappa shape index (κ1) is 22.4. The highest BCUT2D eigenvalue weighted by Crippen LogP contribution is 2.39. The number of methoxy groups -OCH3 is 1. The zero-order chi connectivity index (χ0) is 21.4. The fraction of sp³-hybridized carbons (Fsp3) is 0.435. The second kappa shape index (κ2) is 10.6. The highest BCUT2D eigenvalue weighted by Gasteiger charge is 2.20. The van der Waals surface area contributed by atoms with E-state index in [0.29, 0.717) is 42.6 Å². The normalized spacial score (nSPS) is 11.5. The summed E-state index contributed by atoms with van der Waals surface area (Å²) in [5.74, 6) is 2.00. The lowest BCUT2D eigenvalue weighted by atomic mass is 10.0. The van der Waals surface area contributed by atoms with Gasteiger partial charge in [0.15, 0.2) is 11.5 Å². The zero-order valence-corrected chi connectivity index (χ0v) is 18.1. The van der Waals surface area contributed by atoms with E-state index < -0.39 is 0 Å². The first-order chi connectivity index (χ1) is 13.9. The maximum Gasteiger partial charge on any atom is 0.252 e. The first-order valence-electron chi connectivity index (χ1n) is 9.96. The molecule has 0 bridgehead atoms. The van der Waals surface area contributed by atoms with E-state index in [1.54, 1.807) is 19.2 Å². The second-order valence-corrected chi connectivity index (χ2v) is 6.54. The molecule has 0 aliphatic heterocycles. The molecule has 2 aromatic rings. The van der Waals surface area contributed by atoms with Crippen molar-refractivity contribution in [2.75, 3.05) is 26.9 Å². The highest BCUT2D eigenvalue weighted by molar-refractivity contribution is 5.96. The van der Waals surface area contributed by atoms with Crippen LogP contribution in [-0.4, -0.2) is 32.8 Å². The minimum Gasteiger partial charge on any atom is -0.496 e. The molecule has 158 valence electrons. The summed E-state index contributed by atoms with van der Waals surface area (Å²) in [6, 6.07) is 9.03. The number of carbonyl (C=O) groups is 1. The van der Waals surface area contributed by atoms with E-state index in [4.69, 9.17) is 18.9 Å². The topological polar surface area (TPSA) is 66.0 Å².